The van der Waals surface area contributed by atoms with E-state index in [-0.39, 0.29) is 17.4 Å². The van der Waals surface area contributed by atoms with Crippen LogP contribution in [0.15, 0.2) is 0 Å². The Morgan fingerprint density at radius 2 is 1.23 bits per heavy atom. The molecule has 0 aromatic heterocycles. The van der Waals surface area contributed by atoms with Crippen LogP contribution >= 0.6 is 23.2 Å². The van der Waals surface area contributed by atoms with Crippen molar-refractivity contribution in [3.05, 3.63) is 0 Å². The number of halogens is 2. The molecule has 2 nitrogen and oxygen atoms in total. The molecule has 0 aliphatic rings. The molecule has 0 N–H and O–H groups in total. The van der Waals surface area contributed by atoms with Crippen molar-refractivity contribution in [3.63, 3.8) is 0 Å². The molecule has 13 heavy (non-hydrogen) atoms. The summed E-state index contributed by atoms with van der Waals surface area (Å²) in [7, 11) is 0. The number of hydrogen-bond donors (Lipinski definition) is 0. The number of ether oxygens (including phenoxy) is 2. The van der Waals surface area contributed by atoms with Gasteiger partial charge in [0.2, 0.25) is 0 Å². The predicted octanol–water partition coefficient (Wildman–Crippen LogP) is 3.71. The Kier molecular flexibility index (Phi) is 8.17. The molecule has 0 fully saturated rings. The van der Waals surface area contributed by atoms with Crippen molar-refractivity contribution in [2.45, 2.75) is 57.4 Å². The smallest absolute Gasteiger partial charge is 0.161 e. The lowest BCUT2D eigenvalue weighted by Crippen LogP contribution is -2.23. The fraction of sp³-hybridized carbons (Fsp3) is 1.00. The number of alkyl halides is 2. The molecule has 0 aliphatic carbocycles. The summed E-state index contributed by atoms with van der Waals surface area (Å²) in [6.45, 7) is 5.90. The maximum absolute atomic E-state index is 5.82. The second kappa shape index (κ2) is 7.86. The van der Waals surface area contributed by atoms with E-state index in [0.29, 0.717) is 0 Å². The van der Waals surface area contributed by atoms with Gasteiger partial charge in [0.15, 0.2) is 6.29 Å². The molecule has 4 heteroatoms. The summed E-state index contributed by atoms with van der Waals surface area (Å²) in [4.78, 5) is 0. The maximum atomic E-state index is 5.82. The van der Waals surface area contributed by atoms with Gasteiger partial charge in [0.05, 0.1) is 0 Å². The van der Waals surface area contributed by atoms with E-state index >= 15 is 0 Å². The summed E-state index contributed by atoms with van der Waals surface area (Å²) in [6, 6.07) is 0. The lowest BCUT2D eigenvalue weighted by atomic mass is 10.4. The second-order valence-electron chi connectivity index (χ2n) is 2.75. The molecule has 0 aliphatic heterocycles. The van der Waals surface area contributed by atoms with E-state index in [1.807, 2.05) is 20.8 Å². The van der Waals surface area contributed by atoms with Gasteiger partial charge in [0.25, 0.3) is 0 Å². The van der Waals surface area contributed by atoms with Crippen LogP contribution in [0.25, 0.3) is 0 Å². The molecule has 0 radical (unpaired) electrons. The summed E-state index contributed by atoms with van der Waals surface area (Å²) in [5.74, 6) is 0. The molecule has 0 aromatic carbocycles. The van der Waals surface area contributed by atoms with Crippen molar-refractivity contribution >= 4 is 23.2 Å². The third-order valence-electron chi connectivity index (χ3n) is 1.57. The minimum Gasteiger partial charge on any atom is -0.334 e. The summed E-state index contributed by atoms with van der Waals surface area (Å²) in [6.07, 6.45) is 2.00. The first-order valence-corrected chi connectivity index (χ1v) is 5.60. The molecule has 0 heterocycles. The van der Waals surface area contributed by atoms with Crippen molar-refractivity contribution < 1.29 is 9.47 Å². The maximum Gasteiger partial charge on any atom is 0.161 e. The van der Waals surface area contributed by atoms with E-state index in [1.54, 1.807) is 0 Å². The zero-order valence-corrected chi connectivity index (χ0v) is 9.94. The summed E-state index contributed by atoms with van der Waals surface area (Å²) >= 11 is 11.6. The van der Waals surface area contributed by atoms with E-state index in [2.05, 4.69) is 0 Å². The van der Waals surface area contributed by atoms with Crippen LogP contribution in [0.3, 0.4) is 0 Å². The number of hydrogen-bond acceptors (Lipinski definition) is 2. The lowest BCUT2D eigenvalue weighted by molar-refractivity contribution is -0.163. The van der Waals surface area contributed by atoms with Crippen molar-refractivity contribution in [2.24, 2.45) is 0 Å². The highest BCUT2D eigenvalue weighted by atomic mass is 35.5. The molecule has 80 valence electrons. The van der Waals surface area contributed by atoms with Crippen LogP contribution in [-0.4, -0.2) is 17.4 Å². The second-order valence-corrected chi connectivity index (χ2v) is 3.72. The molecule has 0 bridgehead atoms. The fourth-order valence-electron chi connectivity index (χ4n) is 0.746. The van der Waals surface area contributed by atoms with Crippen LogP contribution < -0.4 is 0 Å². The third-order valence-corrected chi connectivity index (χ3v) is 2.40. The summed E-state index contributed by atoms with van der Waals surface area (Å²) in [5, 5.41) is 0. The molecule has 0 spiro atoms. The van der Waals surface area contributed by atoms with Crippen molar-refractivity contribution in [1.29, 1.82) is 0 Å². The SMILES string of the molecule is CCC(Cl)OC(CC)OC(Cl)CC. The van der Waals surface area contributed by atoms with Crippen molar-refractivity contribution in [3.8, 4) is 0 Å². The normalized spacial score (nSPS) is 18.2. The zero-order valence-electron chi connectivity index (χ0n) is 8.43. The van der Waals surface area contributed by atoms with E-state index < -0.39 is 0 Å². The highest BCUT2D eigenvalue weighted by Gasteiger charge is 2.15. The van der Waals surface area contributed by atoms with Gasteiger partial charge in [-0.2, -0.15) is 0 Å². The first-order chi connectivity index (χ1) is 6.13. The van der Waals surface area contributed by atoms with Gasteiger partial charge in [-0.1, -0.05) is 44.0 Å². The van der Waals surface area contributed by atoms with Crippen LogP contribution in [0.1, 0.15) is 40.0 Å². The van der Waals surface area contributed by atoms with Crippen LogP contribution in [-0.2, 0) is 9.47 Å². The van der Waals surface area contributed by atoms with Crippen LogP contribution in [0.2, 0.25) is 0 Å². The van der Waals surface area contributed by atoms with Crippen molar-refractivity contribution in [1.82, 2.24) is 0 Å². The average Bonchev–Trinajstić information content (AvgIpc) is 2.16. The topological polar surface area (TPSA) is 18.5 Å². The average molecular weight is 229 g/mol. The molecule has 0 saturated carbocycles. The quantitative estimate of drug-likeness (QED) is 0.489. The van der Waals surface area contributed by atoms with Gasteiger partial charge < -0.3 is 9.47 Å². The van der Waals surface area contributed by atoms with E-state index in [1.165, 1.54) is 0 Å². The molecule has 0 saturated heterocycles. The summed E-state index contributed by atoms with van der Waals surface area (Å²) in [5.41, 5.74) is -0.573. The Bertz CT molecular complexity index is 110. The standard InChI is InChI=1S/C9H18Cl2O2/c1-4-7(10)12-9(6-3)13-8(11)5-2/h7-9H,4-6H2,1-3H3. The van der Waals surface area contributed by atoms with Gasteiger partial charge in [0, 0.05) is 0 Å². The monoisotopic (exact) mass is 228 g/mol. The largest absolute Gasteiger partial charge is 0.334 e. The highest BCUT2D eigenvalue weighted by molar-refractivity contribution is 6.20. The third kappa shape index (κ3) is 6.55. The Hall–Kier alpha value is 0.500. The van der Waals surface area contributed by atoms with Gasteiger partial charge >= 0.3 is 0 Å². The van der Waals surface area contributed by atoms with Crippen molar-refractivity contribution in [2.75, 3.05) is 0 Å². The van der Waals surface area contributed by atoms with Crippen LogP contribution in [0.4, 0.5) is 0 Å². The molecule has 0 rings (SSSR count). The Morgan fingerprint density at radius 3 is 1.46 bits per heavy atom. The molecular weight excluding hydrogens is 211 g/mol. The summed E-state index contributed by atoms with van der Waals surface area (Å²) < 4.78 is 10.8. The molecule has 0 amide bonds. The minimum absolute atomic E-state index is 0.286. The molecule has 2 atom stereocenters. The fourth-order valence-corrected chi connectivity index (χ4v) is 0.976. The Labute approximate surface area is 90.5 Å². The molecule has 0 aromatic rings. The van der Waals surface area contributed by atoms with Gasteiger partial charge in [-0.15, -0.1) is 0 Å². The van der Waals surface area contributed by atoms with E-state index in [4.69, 9.17) is 32.7 Å². The predicted molar refractivity (Wildman–Crippen MR) is 56.1 cm³/mol. The molecule has 2 unspecified atom stereocenters. The van der Waals surface area contributed by atoms with Gasteiger partial charge in [-0.05, 0) is 19.3 Å². The highest BCUT2D eigenvalue weighted by Crippen LogP contribution is 2.15. The van der Waals surface area contributed by atoms with Crippen LogP contribution in [0.5, 0.6) is 0 Å². The lowest BCUT2D eigenvalue weighted by Gasteiger charge is -2.21. The van der Waals surface area contributed by atoms with E-state index in [9.17, 15) is 0 Å². The van der Waals surface area contributed by atoms with Gasteiger partial charge in [-0.25, -0.2) is 0 Å². The number of rotatable bonds is 7. The Balaban J connectivity index is 3.74. The first kappa shape index (κ1) is 13.5. The van der Waals surface area contributed by atoms with E-state index in [0.717, 1.165) is 19.3 Å². The van der Waals surface area contributed by atoms with Gasteiger partial charge in [0.1, 0.15) is 11.1 Å². The minimum atomic E-state index is -0.287. The molecular formula is C9H18Cl2O2. The van der Waals surface area contributed by atoms with Gasteiger partial charge in [-0.3, -0.25) is 0 Å². The van der Waals surface area contributed by atoms with Crippen LogP contribution in [0, 0.1) is 0 Å². The Morgan fingerprint density at radius 1 is 0.846 bits per heavy atom. The first-order valence-electron chi connectivity index (χ1n) is 4.73. The zero-order chi connectivity index (χ0) is 10.3.